The van der Waals surface area contributed by atoms with E-state index in [1.165, 1.54) is 11.8 Å². The number of nitrogens with one attached hydrogen (secondary N) is 1. The van der Waals surface area contributed by atoms with Gasteiger partial charge in [-0.1, -0.05) is 24.3 Å². The van der Waals surface area contributed by atoms with E-state index in [4.69, 9.17) is 0 Å². The molecule has 2 heterocycles. The number of carbonyl (C=O) groups is 1. The van der Waals surface area contributed by atoms with Crippen LogP contribution in [0, 0.1) is 6.92 Å². The lowest BCUT2D eigenvalue weighted by Crippen LogP contribution is -2.24. The van der Waals surface area contributed by atoms with E-state index in [1.807, 2.05) is 66.1 Å². The summed E-state index contributed by atoms with van der Waals surface area (Å²) in [6.07, 6.45) is 1.97. The molecule has 112 valence electrons. The average molecular weight is 311 g/mol. The van der Waals surface area contributed by atoms with E-state index in [0.717, 1.165) is 21.9 Å². The van der Waals surface area contributed by atoms with Gasteiger partial charge in [-0.15, -0.1) is 11.8 Å². The standard InChI is InChI=1S/C17H17N3OS/c1-13-6-5-9-16-19-14(11-20(13)16)10-18-17(21)12-22-15-7-3-2-4-8-15/h2-9,11H,10,12H2,1H3,(H,18,21). The fourth-order valence-electron chi connectivity index (χ4n) is 2.19. The number of carbonyl (C=O) groups excluding carboxylic acids is 1. The highest BCUT2D eigenvalue weighted by Gasteiger charge is 2.06. The van der Waals surface area contributed by atoms with Gasteiger partial charge < -0.3 is 9.72 Å². The number of pyridine rings is 1. The maximum Gasteiger partial charge on any atom is 0.230 e. The molecule has 5 heteroatoms. The van der Waals surface area contributed by atoms with Crippen molar-refractivity contribution in [1.82, 2.24) is 14.7 Å². The van der Waals surface area contributed by atoms with Crippen LogP contribution in [0.1, 0.15) is 11.4 Å². The molecule has 0 aliphatic carbocycles. The molecule has 0 spiro atoms. The van der Waals surface area contributed by atoms with Crippen LogP contribution in [0.4, 0.5) is 0 Å². The number of nitrogens with zero attached hydrogens (tertiary/aromatic N) is 2. The van der Waals surface area contributed by atoms with Crippen molar-refractivity contribution in [2.75, 3.05) is 5.75 Å². The summed E-state index contributed by atoms with van der Waals surface area (Å²) in [5, 5.41) is 2.91. The predicted octanol–water partition coefficient (Wildman–Crippen LogP) is 3.05. The highest BCUT2D eigenvalue weighted by Crippen LogP contribution is 2.16. The lowest BCUT2D eigenvalue weighted by molar-refractivity contribution is -0.118. The Morgan fingerprint density at radius 3 is 2.77 bits per heavy atom. The van der Waals surface area contributed by atoms with Crippen molar-refractivity contribution in [3.63, 3.8) is 0 Å². The number of hydrogen-bond donors (Lipinski definition) is 1. The minimum atomic E-state index is 0.0163. The fraction of sp³-hybridized carbons (Fsp3) is 0.176. The fourth-order valence-corrected chi connectivity index (χ4v) is 2.94. The lowest BCUT2D eigenvalue weighted by Gasteiger charge is -2.03. The van der Waals surface area contributed by atoms with Crippen molar-refractivity contribution in [3.05, 3.63) is 66.1 Å². The Hall–Kier alpha value is -2.27. The Kier molecular flexibility index (Phi) is 4.44. The summed E-state index contributed by atoms with van der Waals surface area (Å²) >= 11 is 1.53. The van der Waals surface area contributed by atoms with Crippen LogP contribution in [-0.2, 0) is 11.3 Å². The minimum Gasteiger partial charge on any atom is -0.350 e. The second-order valence-corrected chi connectivity index (χ2v) is 6.05. The van der Waals surface area contributed by atoms with Gasteiger partial charge in [0.05, 0.1) is 18.0 Å². The van der Waals surface area contributed by atoms with E-state index in [9.17, 15) is 4.79 Å². The number of thioether (sulfide) groups is 1. The van der Waals surface area contributed by atoms with Gasteiger partial charge in [0.1, 0.15) is 5.65 Å². The van der Waals surface area contributed by atoms with Gasteiger partial charge in [0, 0.05) is 16.8 Å². The topological polar surface area (TPSA) is 46.4 Å². The van der Waals surface area contributed by atoms with Crippen LogP contribution in [0.25, 0.3) is 5.65 Å². The van der Waals surface area contributed by atoms with Crippen molar-refractivity contribution in [3.8, 4) is 0 Å². The lowest BCUT2D eigenvalue weighted by atomic mass is 10.4. The van der Waals surface area contributed by atoms with E-state index >= 15 is 0 Å². The Morgan fingerprint density at radius 1 is 1.18 bits per heavy atom. The molecule has 0 fully saturated rings. The largest absolute Gasteiger partial charge is 0.350 e. The Bertz CT molecular complexity index is 783. The van der Waals surface area contributed by atoms with Gasteiger partial charge in [0.2, 0.25) is 5.91 Å². The van der Waals surface area contributed by atoms with Crippen molar-refractivity contribution < 1.29 is 4.79 Å². The second kappa shape index (κ2) is 6.66. The summed E-state index contributed by atoms with van der Waals surface area (Å²) in [7, 11) is 0. The first-order valence-corrected chi connectivity index (χ1v) is 8.09. The van der Waals surface area contributed by atoms with E-state index in [-0.39, 0.29) is 5.91 Å². The molecule has 3 aromatic rings. The summed E-state index contributed by atoms with van der Waals surface area (Å²) in [5.41, 5.74) is 2.90. The molecule has 0 radical (unpaired) electrons. The highest BCUT2D eigenvalue weighted by atomic mass is 32.2. The van der Waals surface area contributed by atoms with Gasteiger partial charge in [0.15, 0.2) is 0 Å². The van der Waals surface area contributed by atoms with Crippen LogP contribution in [0.2, 0.25) is 0 Å². The van der Waals surface area contributed by atoms with Crippen LogP contribution in [-0.4, -0.2) is 21.0 Å². The number of amides is 1. The molecule has 1 amide bonds. The van der Waals surface area contributed by atoms with Crippen LogP contribution in [0.15, 0.2) is 59.6 Å². The number of imidazole rings is 1. The molecule has 0 saturated heterocycles. The third kappa shape index (κ3) is 3.49. The number of aryl methyl sites for hydroxylation is 1. The third-order valence-electron chi connectivity index (χ3n) is 3.33. The predicted molar refractivity (Wildman–Crippen MR) is 88.9 cm³/mol. The summed E-state index contributed by atoms with van der Waals surface area (Å²) < 4.78 is 2.03. The van der Waals surface area contributed by atoms with Gasteiger partial charge in [-0.2, -0.15) is 0 Å². The van der Waals surface area contributed by atoms with Crippen molar-refractivity contribution in [2.24, 2.45) is 0 Å². The molecule has 1 N–H and O–H groups in total. The van der Waals surface area contributed by atoms with E-state index in [2.05, 4.69) is 10.3 Å². The smallest absolute Gasteiger partial charge is 0.230 e. The third-order valence-corrected chi connectivity index (χ3v) is 4.34. The molecule has 2 aromatic heterocycles. The van der Waals surface area contributed by atoms with Gasteiger partial charge in [0.25, 0.3) is 0 Å². The van der Waals surface area contributed by atoms with Crippen molar-refractivity contribution in [2.45, 2.75) is 18.4 Å². The second-order valence-electron chi connectivity index (χ2n) is 5.01. The molecule has 0 saturated carbocycles. The molecular weight excluding hydrogens is 294 g/mol. The zero-order chi connectivity index (χ0) is 15.4. The number of hydrogen-bond acceptors (Lipinski definition) is 3. The molecule has 0 unspecified atom stereocenters. The van der Waals surface area contributed by atoms with Crippen LogP contribution in [0.3, 0.4) is 0 Å². The molecule has 0 aliphatic heterocycles. The quantitative estimate of drug-likeness (QED) is 0.737. The molecule has 22 heavy (non-hydrogen) atoms. The first kappa shape index (κ1) is 14.7. The van der Waals surface area contributed by atoms with Gasteiger partial charge in [-0.3, -0.25) is 4.79 Å². The Morgan fingerprint density at radius 2 is 2.00 bits per heavy atom. The SMILES string of the molecule is Cc1cccc2nc(CNC(=O)CSc3ccccc3)cn12. The first-order valence-electron chi connectivity index (χ1n) is 7.10. The Labute approximate surface area is 133 Å². The molecule has 4 nitrogen and oxygen atoms in total. The number of fused-ring (bicyclic) bond motifs is 1. The number of rotatable bonds is 5. The summed E-state index contributed by atoms with van der Waals surface area (Å²) in [4.78, 5) is 17.5. The first-order chi connectivity index (χ1) is 10.7. The zero-order valence-electron chi connectivity index (χ0n) is 12.3. The Balaban J connectivity index is 1.55. The number of benzene rings is 1. The van der Waals surface area contributed by atoms with Crippen LogP contribution < -0.4 is 5.32 Å². The molecule has 0 bridgehead atoms. The van der Waals surface area contributed by atoms with Gasteiger partial charge in [-0.25, -0.2) is 4.98 Å². The summed E-state index contributed by atoms with van der Waals surface area (Å²) in [6.45, 7) is 2.49. The maximum atomic E-state index is 11.9. The van der Waals surface area contributed by atoms with Crippen molar-refractivity contribution in [1.29, 1.82) is 0 Å². The maximum absolute atomic E-state index is 11.9. The van der Waals surface area contributed by atoms with Gasteiger partial charge >= 0.3 is 0 Å². The minimum absolute atomic E-state index is 0.0163. The van der Waals surface area contributed by atoms with Gasteiger partial charge in [-0.05, 0) is 31.2 Å². The summed E-state index contributed by atoms with van der Waals surface area (Å²) in [5.74, 6) is 0.429. The molecular formula is C17H17N3OS. The average Bonchev–Trinajstić information content (AvgIpc) is 2.96. The van der Waals surface area contributed by atoms with Crippen molar-refractivity contribution >= 4 is 23.3 Å². The zero-order valence-corrected chi connectivity index (χ0v) is 13.1. The van der Waals surface area contributed by atoms with E-state index in [1.54, 1.807) is 0 Å². The molecule has 0 aliphatic rings. The monoisotopic (exact) mass is 311 g/mol. The van der Waals surface area contributed by atoms with Crippen LogP contribution >= 0.6 is 11.8 Å². The molecule has 0 atom stereocenters. The normalized spacial score (nSPS) is 10.8. The van der Waals surface area contributed by atoms with E-state index in [0.29, 0.717) is 12.3 Å². The number of aromatic nitrogens is 2. The van der Waals surface area contributed by atoms with E-state index < -0.39 is 0 Å². The highest BCUT2D eigenvalue weighted by molar-refractivity contribution is 8.00. The van der Waals surface area contributed by atoms with Crippen LogP contribution in [0.5, 0.6) is 0 Å². The summed E-state index contributed by atoms with van der Waals surface area (Å²) in [6, 6.07) is 15.9. The molecule has 3 rings (SSSR count). The molecule has 1 aromatic carbocycles.